The lowest BCUT2D eigenvalue weighted by Crippen LogP contribution is -2.06. The molecule has 0 heterocycles. The number of sulfone groups is 1. The Morgan fingerprint density at radius 1 is 1.35 bits per heavy atom. The van der Waals surface area contributed by atoms with E-state index in [0.29, 0.717) is 17.2 Å². The lowest BCUT2D eigenvalue weighted by molar-refractivity contribution is 0.594. The predicted molar refractivity (Wildman–Crippen MR) is 75.6 cm³/mol. The minimum absolute atomic E-state index is 0.225. The third kappa shape index (κ3) is 4.11. The van der Waals surface area contributed by atoms with E-state index >= 15 is 0 Å². The first-order valence-corrected chi connectivity index (χ1v) is 8.67. The molecule has 0 saturated carbocycles. The summed E-state index contributed by atoms with van der Waals surface area (Å²) >= 11 is 3.41. The van der Waals surface area contributed by atoms with Crippen molar-refractivity contribution < 1.29 is 8.42 Å². The molecule has 0 aliphatic carbocycles. The molecule has 1 rings (SSSR count). The van der Waals surface area contributed by atoms with Gasteiger partial charge in [-0.1, -0.05) is 41.9 Å². The Hall–Kier alpha value is -0.350. The van der Waals surface area contributed by atoms with Gasteiger partial charge in [0.15, 0.2) is 9.84 Å². The molecular formula is C13H19BrO2S. The number of alkyl halides is 1. The van der Waals surface area contributed by atoms with Crippen molar-refractivity contribution in [1.29, 1.82) is 0 Å². The Balaban J connectivity index is 3.01. The van der Waals surface area contributed by atoms with Gasteiger partial charge in [0.2, 0.25) is 0 Å². The van der Waals surface area contributed by atoms with E-state index in [4.69, 9.17) is 0 Å². The van der Waals surface area contributed by atoms with Crippen molar-refractivity contribution >= 4 is 25.8 Å². The molecule has 0 N–H and O–H groups in total. The van der Waals surface area contributed by atoms with Crippen LogP contribution in [0.1, 0.15) is 38.2 Å². The lowest BCUT2D eigenvalue weighted by Gasteiger charge is -2.11. The second-order valence-electron chi connectivity index (χ2n) is 4.27. The van der Waals surface area contributed by atoms with E-state index < -0.39 is 9.84 Å². The van der Waals surface area contributed by atoms with Gasteiger partial charge in [-0.15, -0.1) is 0 Å². The van der Waals surface area contributed by atoms with Crippen LogP contribution in [0.5, 0.6) is 0 Å². The molecule has 0 fully saturated rings. The third-order valence-corrected chi connectivity index (χ3v) is 5.18. The maximum Gasteiger partial charge on any atom is 0.178 e. The number of rotatable bonds is 6. The summed E-state index contributed by atoms with van der Waals surface area (Å²) in [6.07, 6.45) is 1.67. The van der Waals surface area contributed by atoms with E-state index in [9.17, 15) is 8.42 Å². The van der Waals surface area contributed by atoms with Crippen LogP contribution in [0.2, 0.25) is 0 Å². The van der Waals surface area contributed by atoms with Gasteiger partial charge in [-0.2, -0.15) is 0 Å². The Morgan fingerprint density at radius 2 is 2.06 bits per heavy atom. The Bertz CT molecular complexity index is 454. The van der Waals surface area contributed by atoms with E-state index in [1.54, 1.807) is 6.07 Å². The lowest BCUT2D eigenvalue weighted by atomic mass is 9.99. The van der Waals surface area contributed by atoms with Gasteiger partial charge < -0.3 is 0 Å². The van der Waals surface area contributed by atoms with Crippen LogP contribution in [0, 0.1) is 0 Å². The summed E-state index contributed by atoms with van der Waals surface area (Å²) in [5, 5.41) is 0.931. The average Bonchev–Trinajstić information content (AvgIpc) is 2.29. The zero-order valence-electron chi connectivity index (χ0n) is 10.3. The number of hydrogen-bond acceptors (Lipinski definition) is 2. The minimum atomic E-state index is -3.09. The molecule has 1 aromatic rings. The summed E-state index contributed by atoms with van der Waals surface area (Å²) in [6, 6.07) is 7.34. The van der Waals surface area contributed by atoms with Gasteiger partial charge in [0, 0.05) is 5.33 Å². The molecule has 96 valence electrons. The quantitative estimate of drug-likeness (QED) is 0.748. The summed E-state index contributed by atoms with van der Waals surface area (Å²) < 4.78 is 23.9. The Morgan fingerprint density at radius 3 is 2.65 bits per heavy atom. The second-order valence-corrected chi connectivity index (χ2v) is 7.17. The van der Waals surface area contributed by atoms with Crippen LogP contribution >= 0.6 is 15.9 Å². The van der Waals surface area contributed by atoms with Crippen molar-refractivity contribution in [2.75, 3.05) is 11.1 Å². The zero-order valence-corrected chi connectivity index (χ0v) is 12.7. The van der Waals surface area contributed by atoms with Crippen LogP contribution in [0.4, 0.5) is 0 Å². The first kappa shape index (κ1) is 14.7. The van der Waals surface area contributed by atoms with E-state index in [2.05, 4.69) is 22.9 Å². The maximum atomic E-state index is 12.0. The smallest absolute Gasteiger partial charge is 0.178 e. The SMILES string of the molecule is CCCS(=O)(=O)c1cccc(C(C)CCBr)c1. The molecule has 0 amide bonds. The molecule has 17 heavy (non-hydrogen) atoms. The minimum Gasteiger partial charge on any atom is -0.224 e. The van der Waals surface area contributed by atoms with E-state index in [1.807, 2.05) is 25.1 Å². The number of benzene rings is 1. The molecule has 2 nitrogen and oxygen atoms in total. The topological polar surface area (TPSA) is 34.1 Å². The number of halogens is 1. The van der Waals surface area contributed by atoms with Gasteiger partial charge in [0.1, 0.15) is 0 Å². The fraction of sp³-hybridized carbons (Fsp3) is 0.538. The maximum absolute atomic E-state index is 12.0. The average molecular weight is 319 g/mol. The van der Waals surface area contributed by atoms with Crippen molar-refractivity contribution in [2.24, 2.45) is 0 Å². The van der Waals surface area contributed by atoms with Gasteiger partial charge in [-0.3, -0.25) is 0 Å². The molecule has 0 saturated heterocycles. The van der Waals surface area contributed by atoms with Crippen LogP contribution in [0.25, 0.3) is 0 Å². The Labute approximate surface area is 112 Å². The highest BCUT2D eigenvalue weighted by atomic mass is 79.9. The summed E-state index contributed by atoms with van der Waals surface area (Å²) in [6.45, 7) is 4.00. The fourth-order valence-electron chi connectivity index (χ4n) is 1.73. The Kier molecular flexibility index (Phi) is 5.67. The molecule has 0 radical (unpaired) electrons. The molecule has 1 aromatic carbocycles. The van der Waals surface area contributed by atoms with Crippen molar-refractivity contribution in [1.82, 2.24) is 0 Å². The van der Waals surface area contributed by atoms with Crippen LogP contribution in [0.3, 0.4) is 0 Å². The fourth-order valence-corrected chi connectivity index (χ4v) is 3.79. The molecule has 0 aliphatic heterocycles. The van der Waals surface area contributed by atoms with Crippen LogP contribution in [0.15, 0.2) is 29.2 Å². The van der Waals surface area contributed by atoms with Crippen molar-refractivity contribution in [3.05, 3.63) is 29.8 Å². The predicted octanol–water partition coefficient (Wildman–Crippen LogP) is 3.76. The van der Waals surface area contributed by atoms with E-state index in [-0.39, 0.29) is 5.75 Å². The highest BCUT2D eigenvalue weighted by molar-refractivity contribution is 9.09. The van der Waals surface area contributed by atoms with Gasteiger partial charge in [0.05, 0.1) is 10.6 Å². The van der Waals surface area contributed by atoms with Gasteiger partial charge >= 0.3 is 0 Å². The highest BCUT2D eigenvalue weighted by Gasteiger charge is 2.14. The monoisotopic (exact) mass is 318 g/mol. The number of hydrogen-bond donors (Lipinski definition) is 0. The van der Waals surface area contributed by atoms with Gasteiger partial charge in [-0.05, 0) is 36.5 Å². The van der Waals surface area contributed by atoms with Crippen LogP contribution in [-0.2, 0) is 9.84 Å². The first-order valence-electron chi connectivity index (χ1n) is 5.90. The molecule has 1 unspecified atom stereocenters. The van der Waals surface area contributed by atoms with Gasteiger partial charge in [-0.25, -0.2) is 8.42 Å². The highest BCUT2D eigenvalue weighted by Crippen LogP contribution is 2.23. The standard InChI is InChI=1S/C13H19BrO2S/c1-3-9-17(15,16)13-6-4-5-12(10-13)11(2)7-8-14/h4-6,10-11H,3,7-9H2,1-2H3. The first-order chi connectivity index (χ1) is 8.01. The largest absolute Gasteiger partial charge is 0.224 e. The van der Waals surface area contributed by atoms with Crippen molar-refractivity contribution in [3.63, 3.8) is 0 Å². The zero-order chi connectivity index (χ0) is 12.9. The third-order valence-electron chi connectivity index (χ3n) is 2.80. The van der Waals surface area contributed by atoms with Crippen LogP contribution < -0.4 is 0 Å². The molecule has 0 aromatic heterocycles. The van der Waals surface area contributed by atoms with Crippen molar-refractivity contribution in [3.8, 4) is 0 Å². The summed E-state index contributed by atoms with van der Waals surface area (Å²) in [4.78, 5) is 0.457. The second kappa shape index (κ2) is 6.55. The molecule has 0 aliphatic rings. The summed E-state index contributed by atoms with van der Waals surface area (Å²) in [5.74, 6) is 0.606. The van der Waals surface area contributed by atoms with E-state index in [0.717, 1.165) is 17.3 Å². The van der Waals surface area contributed by atoms with Gasteiger partial charge in [0.25, 0.3) is 0 Å². The molecule has 0 bridgehead atoms. The molecule has 1 atom stereocenters. The molecule has 0 spiro atoms. The normalized spacial score (nSPS) is 13.6. The summed E-state index contributed by atoms with van der Waals surface area (Å²) in [5.41, 5.74) is 1.10. The summed E-state index contributed by atoms with van der Waals surface area (Å²) in [7, 11) is -3.09. The molecular weight excluding hydrogens is 300 g/mol. The van der Waals surface area contributed by atoms with Crippen molar-refractivity contribution in [2.45, 2.75) is 37.5 Å². The van der Waals surface area contributed by atoms with Crippen LogP contribution in [-0.4, -0.2) is 19.5 Å². The van der Waals surface area contributed by atoms with E-state index in [1.165, 1.54) is 0 Å². The molecule has 4 heteroatoms.